The fourth-order valence-corrected chi connectivity index (χ4v) is 2.86. The minimum absolute atomic E-state index is 0.325. The van der Waals surface area contributed by atoms with E-state index in [9.17, 15) is 9.59 Å². The van der Waals surface area contributed by atoms with E-state index in [1.54, 1.807) is 11.8 Å². The molecule has 24 heavy (non-hydrogen) atoms. The van der Waals surface area contributed by atoms with Crippen LogP contribution in [-0.4, -0.2) is 42.3 Å². The molecule has 7 nitrogen and oxygen atoms in total. The van der Waals surface area contributed by atoms with Crippen LogP contribution in [0.1, 0.15) is 18.2 Å². The fraction of sp³-hybridized carbons (Fsp3) is 0.353. The number of nitrogens with one attached hydrogen (secondary N) is 1. The van der Waals surface area contributed by atoms with E-state index < -0.39 is 6.09 Å². The Morgan fingerprint density at radius 2 is 2.12 bits per heavy atom. The van der Waals surface area contributed by atoms with Gasteiger partial charge in [-0.1, -0.05) is 18.2 Å². The summed E-state index contributed by atoms with van der Waals surface area (Å²) in [5, 5.41) is 3.59. The predicted molar refractivity (Wildman–Crippen MR) is 88.9 cm³/mol. The van der Waals surface area contributed by atoms with Gasteiger partial charge in [-0.25, -0.2) is 9.59 Å². The summed E-state index contributed by atoms with van der Waals surface area (Å²) in [4.78, 5) is 30.1. The van der Waals surface area contributed by atoms with Crippen molar-refractivity contribution in [3.63, 3.8) is 0 Å². The first kappa shape index (κ1) is 16.0. The molecule has 0 saturated heterocycles. The Kier molecular flexibility index (Phi) is 4.50. The molecule has 2 amide bonds. The van der Waals surface area contributed by atoms with Crippen molar-refractivity contribution in [2.45, 2.75) is 19.9 Å². The molecule has 3 rings (SSSR count). The summed E-state index contributed by atoms with van der Waals surface area (Å²) in [5.74, 6) is 0. The lowest BCUT2D eigenvalue weighted by Gasteiger charge is -2.29. The molecule has 0 saturated carbocycles. The average Bonchev–Trinajstić information content (AvgIpc) is 2.61. The van der Waals surface area contributed by atoms with E-state index in [-0.39, 0.29) is 6.09 Å². The molecular formula is C17H19N3O4. The van der Waals surface area contributed by atoms with Gasteiger partial charge in [-0.3, -0.25) is 10.3 Å². The number of pyridine rings is 1. The van der Waals surface area contributed by atoms with Crippen molar-refractivity contribution in [2.75, 3.05) is 25.6 Å². The summed E-state index contributed by atoms with van der Waals surface area (Å²) in [6.07, 6.45) is -0.309. The lowest BCUT2D eigenvalue weighted by Crippen LogP contribution is -2.37. The number of anilines is 1. The van der Waals surface area contributed by atoms with Crippen molar-refractivity contribution in [1.82, 2.24) is 9.88 Å². The first-order valence-electron chi connectivity index (χ1n) is 7.81. The van der Waals surface area contributed by atoms with Crippen LogP contribution in [0.15, 0.2) is 24.3 Å². The van der Waals surface area contributed by atoms with Gasteiger partial charge in [0.15, 0.2) is 0 Å². The molecule has 1 aliphatic heterocycles. The number of aromatic nitrogens is 1. The van der Waals surface area contributed by atoms with Crippen molar-refractivity contribution in [3.8, 4) is 0 Å². The van der Waals surface area contributed by atoms with Crippen LogP contribution < -0.4 is 5.32 Å². The number of carbonyl (C=O) groups is 2. The topological polar surface area (TPSA) is 80.8 Å². The highest BCUT2D eigenvalue weighted by Crippen LogP contribution is 2.32. The highest BCUT2D eigenvalue weighted by molar-refractivity contribution is 6.00. The van der Waals surface area contributed by atoms with Gasteiger partial charge in [0.05, 0.1) is 31.5 Å². The number of methoxy groups -OCH3 is 1. The lowest BCUT2D eigenvalue weighted by molar-refractivity contribution is 0.102. The number of para-hydroxylation sites is 1. The van der Waals surface area contributed by atoms with Crippen LogP contribution in [0, 0.1) is 0 Å². The van der Waals surface area contributed by atoms with Crippen molar-refractivity contribution < 1.29 is 19.1 Å². The molecule has 2 aromatic rings. The van der Waals surface area contributed by atoms with Gasteiger partial charge in [-0.2, -0.15) is 0 Å². The molecule has 126 valence electrons. The highest BCUT2D eigenvalue weighted by Gasteiger charge is 2.26. The maximum absolute atomic E-state index is 12.0. The van der Waals surface area contributed by atoms with Crippen LogP contribution in [-0.2, 0) is 22.4 Å². The van der Waals surface area contributed by atoms with E-state index in [0.717, 1.165) is 22.2 Å². The van der Waals surface area contributed by atoms with E-state index in [1.807, 2.05) is 24.3 Å². The van der Waals surface area contributed by atoms with Crippen molar-refractivity contribution in [3.05, 3.63) is 35.5 Å². The van der Waals surface area contributed by atoms with Crippen LogP contribution in [0.4, 0.5) is 15.3 Å². The summed E-state index contributed by atoms with van der Waals surface area (Å²) in [6, 6.07) is 7.56. The standard InChI is InChI=1S/C17H19N3O4/c1-3-24-17(22)20-9-8-14-12(10-20)15(19-16(21)23-2)11-6-4-5-7-13(11)18-14/h4-7H,3,8-10H2,1-2H3,(H,18,19,21). The van der Waals surface area contributed by atoms with E-state index in [4.69, 9.17) is 9.47 Å². The Morgan fingerprint density at radius 1 is 1.33 bits per heavy atom. The van der Waals surface area contributed by atoms with E-state index in [1.165, 1.54) is 7.11 Å². The molecule has 0 radical (unpaired) electrons. The molecule has 0 bridgehead atoms. The second-order valence-corrected chi connectivity index (χ2v) is 5.42. The molecule has 0 unspecified atom stereocenters. The first-order valence-corrected chi connectivity index (χ1v) is 7.81. The molecule has 2 heterocycles. The van der Waals surface area contributed by atoms with Crippen LogP contribution in [0.3, 0.4) is 0 Å². The molecule has 1 aromatic heterocycles. The first-order chi connectivity index (χ1) is 11.6. The summed E-state index contributed by atoms with van der Waals surface area (Å²) in [6.45, 7) is 2.97. The number of ether oxygens (including phenoxy) is 2. The van der Waals surface area contributed by atoms with E-state index >= 15 is 0 Å². The molecule has 0 atom stereocenters. The number of hydrogen-bond acceptors (Lipinski definition) is 5. The van der Waals surface area contributed by atoms with Gasteiger partial charge in [-0.15, -0.1) is 0 Å². The number of benzene rings is 1. The Balaban J connectivity index is 2.06. The molecule has 1 aromatic carbocycles. The van der Waals surface area contributed by atoms with Gasteiger partial charge in [0.1, 0.15) is 0 Å². The van der Waals surface area contributed by atoms with Gasteiger partial charge < -0.3 is 14.4 Å². The fourth-order valence-electron chi connectivity index (χ4n) is 2.86. The lowest BCUT2D eigenvalue weighted by atomic mass is 10.00. The zero-order valence-electron chi connectivity index (χ0n) is 13.7. The Bertz CT molecular complexity index is 791. The minimum atomic E-state index is -0.554. The van der Waals surface area contributed by atoms with Crippen LogP contribution in [0.5, 0.6) is 0 Å². The highest BCUT2D eigenvalue weighted by atomic mass is 16.6. The smallest absolute Gasteiger partial charge is 0.411 e. The largest absolute Gasteiger partial charge is 0.453 e. The molecule has 1 N–H and O–H groups in total. The molecule has 0 fully saturated rings. The average molecular weight is 329 g/mol. The third-order valence-corrected chi connectivity index (χ3v) is 3.98. The van der Waals surface area contributed by atoms with Crippen molar-refractivity contribution in [1.29, 1.82) is 0 Å². The quantitative estimate of drug-likeness (QED) is 0.916. The summed E-state index contributed by atoms with van der Waals surface area (Å²) in [7, 11) is 1.32. The molecule has 1 aliphatic rings. The second kappa shape index (κ2) is 6.74. The number of fused-ring (bicyclic) bond motifs is 2. The maximum Gasteiger partial charge on any atom is 0.411 e. The number of amides is 2. The normalized spacial score (nSPS) is 13.3. The van der Waals surface area contributed by atoms with Gasteiger partial charge in [0, 0.05) is 29.6 Å². The van der Waals surface area contributed by atoms with Crippen LogP contribution >= 0.6 is 0 Å². The van der Waals surface area contributed by atoms with Gasteiger partial charge in [0.25, 0.3) is 0 Å². The third kappa shape index (κ3) is 2.97. The predicted octanol–water partition coefficient (Wildman–Crippen LogP) is 2.93. The Morgan fingerprint density at radius 3 is 2.88 bits per heavy atom. The summed E-state index contributed by atoms with van der Waals surface area (Å²) in [5.41, 5.74) is 3.13. The zero-order valence-corrected chi connectivity index (χ0v) is 13.7. The van der Waals surface area contributed by atoms with Crippen LogP contribution in [0.25, 0.3) is 10.9 Å². The van der Waals surface area contributed by atoms with Crippen molar-refractivity contribution in [2.24, 2.45) is 0 Å². The number of nitrogens with zero attached hydrogens (tertiary/aromatic N) is 2. The Hall–Kier alpha value is -2.83. The summed E-state index contributed by atoms with van der Waals surface area (Å²) < 4.78 is 9.81. The zero-order chi connectivity index (χ0) is 17.1. The monoisotopic (exact) mass is 329 g/mol. The van der Waals surface area contributed by atoms with Crippen molar-refractivity contribution >= 4 is 28.8 Å². The molecule has 7 heteroatoms. The summed E-state index contributed by atoms with van der Waals surface area (Å²) >= 11 is 0. The van der Waals surface area contributed by atoms with Crippen LogP contribution in [0.2, 0.25) is 0 Å². The molecule has 0 aliphatic carbocycles. The number of carbonyl (C=O) groups excluding carboxylic acids is 2. The van der Waals surface area contributed by atoms with E-state index in [2.05, 4.69) is 10.3 Å². The van der Waals surface area contributed by atoms with E-state index in [0.29, 0.717) is 31.8 Å². The second-order valence-electron chi connectivity index (χ2n) is 5.42. The maximum atomic E-state index is 12.0. The van der Waals surface area contributed by atoms with Gasteiger partial charge in [0.2, 0.25) is 0 Å². The number of hydrogen-bond donors (Lipinski definition) is 1. The van der Waals surface area contributed by atoms with Gasteiger partial charge >= 0.3 is 12.2 Å². The van der Waals surface area contributed by atoms with Gasteiger partial charge in [-0.05, 0) is 13.0 Å². The Labute approximate surface area is 139 Å². The molecular weight excluding hydrogens is 310 g/mol. The third-order valence-electron chi connectivity index (χ3n) is 3.98. The number of rotatable bonds is 2. The minimum Gasteiger partial charge on any atom is -0.453 e. The SMILES string of the molecule is CCOC(=O)N1CCc2nc3ccccc3c(NC(=O)OC)c2C1. The molecule has 0 spiro atoms.